The number of nitrogens with one attached hydrogen (secondary N) is 6. The monoisotopic (exact) mass is 913 g/mol. The third-order valence-corrected chi connectivity index (χ3v) is 11.5. The second kappa shape index (κ2) is 21.6. The van der Waals surface area contributed by atoms with Gasteiger partial charge in [-0.1, -0.05) is 93.1 Å². The Labute approximate surface area is 392 Å². The molecule has 9 rings (SSSR count). The molecule has 0 saturated heterocycles. The molecule has 346 valence electrons. The second-order valence-corrected chi connectivity index (χ2v) is 17.1. The number of hydrazine groups is 6. The molecule has 0 spiro atoms. The number of para-hydroxylation sites is 4. The van der Waals surface area contributed by atoms with E-state index in [1.54, 1.807) is 27.5 Å². The van der Waals surface area contributed by atoms with Crippen molar-refractivity contribution in [1.82, 2.24) is 0 Å². The van der Waals surface area contributed by atoms with Gasteiger partial charge in [-0.25, -0.2) is 0 Å². The molecule has 15 heteroatoms. The number of phenolic OH excluding ortho intramolecular Hbond substituents is 3. The summed E-state index contributed by atoms with van der Waals surface area (Å²) in [6.07, 6.45) is 7.87. The molecule has 0 radical (unpaired) electrons. The zero-order chi connectivity index (χ0) is 46.7. The Morgan fingerprint density at radius 1 is 0.545 bits per heavy atom. The van der Waals surface area contributed by atoms with Crippen molar-refractivity contribution in [2.75, 3.05) is 54.5 Å². The molecule has 0 saturated carbocycles. The van der Waals surface area contributed by atoms with Crippen LogP contribution < -0.4 is 47.9 Å². The molecule has 0 atom stereocenters. The van der Waals surface area contributed by atoms with E-state index in [0.717, 1.165) is 80.5 Å². The Balaban J connectivity index is 0.000000157. The van der Waals surface area contributed by atoms with Crippen molar-refractivity contribution in [2.45, 2.75) is 86.0 Å². The van der Waals surface area contributed by atoms with Crippen LogP contribution in [-0.4, -0.2) is 27.9 Å². The van der Waals surface area contributed by atoms with E-state index in [9.17, 15) is 20.1 Å². The molecule has 0 aromatic heterocycles. The van der Waals surface area contributed by atoms with Crippen molar-refractivity contribution in [3.63, 3.8) is 0 Å². The standard InChI is InChI=1S/C24H32ClN3O3.C14H15N3O.C13H13N3O/c1-3-4-5-6-7-8-13-31-23(29)12-9-18-14-17(2)24(30)22(15-18)28-26-20-11-10-19(25)16-21(20)27-28;1-9-7-10(2)14(18)13(8-9)17-15-11-5-3-4-6-12(11)16-17;1-9-6-7-13(17)12(8-9)16-14-10-4-2-3-5-11(10)15-16/h10-11,14-16,26-27,30H,3-9,12-13H2,1-2H3;3-8,15-16,18H,1-2H3;2-8,14-15,17H,1H3. The number of nitrogens with zero attached hydrogens (tertiary/aromatic N) is 3. The SMILES string of the molecule is CCCCCCCCOC(=O)CCc1cc(C)c(O)c(N2Nc3ccc(Cl)cc3N2)c1.Cc1cc(C)c(O)c(N2Nc3ccccc3N2)c1.Cc1ccc(O)c(N2Nc3ccccc3N2)c1. The van der Waals surface area contributed by atoms with Gasteiger partial charge in [-0.15, -0.1) is 0 Å². The van der Waals surface area contributed by atoms with Crippen molar-refractivity contribution >= 4 is 68.8 Å². The van der Waals surface area contributed by atoms with Crippen molar-refractivity contribution < 1.29 is 24.9 Å². The van der Waals surface area contributed by atoms with Crippen molar-refractivity contribution in [3.05, 3.63) is 142 Å². The van der Waals surface area contributed by atoms with Gasteiger partial charge in [0.05, 0.1) is 40.7 Å². The molecule has 0 unspecified atom stereocenters. The number of halogens is 1. The van der Waals surface area contributed by atoms with Crippen LogP contribution in [0.3, 0.4) is 0 Å². The number of phenols is 3. The molecule has 0 aliphatic carbocycles. The third kappa shape index (κ3) is 11.7. The van der Waals surface area contributed by atoms with Gasteiger partial charge < -0.3 is 20.1 Å². The average Bonchev–Trinajstić information content (AvgIpc) is 4.06. The van der Waals surface area contributed by atoms with Crippen LogP contribution >= 0.6 is 11.6 Å². The lowest BCUT2D eigenvalue weighted by Crippen LogP contribution is -2.29. The van der Waals surface area contributed by atoms with E-state index in [1.165, 1.54) is 25.7 Å². The zero-order valence-corrected chi connectivity index (χ0v) is 38.9. The highest BCUT2D eigenvalue weighted by Gasteiger charge is 2.24. The van der Waals surface area contributed by atoms with E-state index in [0.29, 0.717) is 35.8 Å². The fourth-order valence-corrected chi connectivity index (χ4v) is 7.86. The fourth-order valence-electron chi connectivity index (χ4n) is 7.69. The lowest BCUT2D eigenvalue weighted by atomic mass is 10.0. The predicted octanol–water partition coefficient (Wildman–Crippen LogP) is 12.4. The molecule has 6 aromatic rings. The molecule has 66 heavy (non-hydrogen) atoms. The molecule has 14 nitrogen and oxygen atoms in total. The largest absolute Gasteiger partial charge is 0.506 e. The van der Waals surface area contributed by atoms with E-state index in [1.807, 2.05) is 125 Å². The first-order valence-corrected chi connectivity index (χ1v) is 22.8. The van der Waals surface area contributed by atoms with Gasteiger partial charge in [-0.3, -0.25) is 37.3 Å². The molecule has 3 aliphatic heterocycles. The minimum atomic E-state index is -0.180. The molecule has 9 N–H and O–H groups in total. The number of hydrogen-bond acceptors (Lipinski definition) is 14. The summed E-state index contributed by atoms with van der Waals surface area (Å²) in [5.41, 5.74) is 31.6. The first-order chi connectivity index (χ1) is 31.9. The second-order valence-electron chi connectivity index (χ2n) is 16.7. The van der Waals surface area contributed by atoms with Gasteiger partial charge in [0.2, 0.25) is 0 Å². The highest BCUT2D eigenvalue weighted by atomic mass is 35.5. The maximum atomic E-state index is 12.1. The summed E-state index contributed by atoms with van der Waals surface area (Å²) in [6.45, 7) is 10.4. The predicted molar refractivity (Wildman–Crippen MR) is 269 cm³/mol. The summed E-state index contributed by atoms with van der Waals surface area (Å²) in [6, 6.07) is 34.5. The van der Waals surface area contributed by atoms with Crippen LogP contribution in [-0.2, 0) is 16.0 Å². The Kier molecular flexibility index (Phi) is 15.3. The highest BCUT2D eigenvalue weighted by Crippen LogP contribution is 2.40. The lowest BCUT2D eigenvalue weighted by molar-refractivity contribution is -0.143. The van der Waals surface area contributed by atoms with Crippen LogP contribution in [0.5, 0.6) is 17.2 Å². The number of fused-ring (bicyclic) bond motifs is 3. The zero-order valence-electron chi connectivity index (χ0n) is 38.1. The van der Waals surface area contributed by atoms with Gasteiger partial charge in [0.15, 0.2) is 0 Å². The molecular weight excluding hydrogens is 854 g/mol. The first kappa shape index (κ1) is 46.7. The van der Waals surface area contributed by atoms with Gasteiger partial charge in [-0.2, -0.15) is 15.4 Å². The fraction of sp³-hybridized carbons (Fsp3) is 0.275. The number of anilines is 9. The number of rotatable bonds is 13. The Morgan fingerprint density at radius 2 is 1.05 bits per heavy atom. The van der Waals surface area contributed by atoms with E-state index in [2.05, 4.69) is 39.5 Å². The molecule has 3 aliphatic rings. The smallest absolute Gasteiger partial charge is 0.306 e. The maximum Gasteiger partial charge on any atom is 0.306 e. The molecule has 0 fully saturated rings. The molecule has 6 aromatic carbocycles. The number of hydrogen-bond donors (Lipinski definition) is 9. The Bertz CT molecular complexity index is 2600. The van der Waals surface area contributed by atoms with Crippen LogP contribution in [0.1, 0.15) is 79.7 Å². The summed E-state index contributed by atoms with van der Waals surface area (Å²) < 4.78 is 5.37. The Morgan fingerprint density at radius 3 is 1.65 bits per heavy atom. The summed E-state index contributed by atoms with van der Waals surface area (Å²) in [5, 5.41) is 36.3. The molecule has 0 amide bonds. The Hall–Kier alpha value is -7.32. The number of aryl methyl sites for hydroxylation is 5. The van der Waals surface area contributed by atoms with E-state index in [4.69, 9.17) is 16.3 Å². The average molecular weight is 915 g/mol. The number of carbonyl (C=O) groups is 1. The summed E-state index contributed by atoms with van der Waals surface area (Å²) in [4.78, 5) is 12.1. The number of ether oxygens (including phenoxy) is 1. The topological polar surface area (TPSA) is 169 Å². The highest BCUT2D eigenvalue weighted by molar-refractivity contribution is 6.31. The lowest BCUT2D eigenvalue weighted by Gasteiger charge is -2.22. The van der Waals surface area contributed by atoms with Gasteiger partial charge in [0.25, 0.3) is 0 Å². The van der Waals surface area contributed by atoms with Crippen LogP contribution in [0.15, 0.2) is 109 Å². The van der Waals surface area contributed by atoms with Crippen molar-refractivity contribution in [3.8, 4) is 17.2 Å². The van der Waals surface area contributed by atoms with Crippen LogP contribution in [0.2, 0.25) is 5.02 Å². The van der Waals surface area contributed by atoms with Gasteiger partial charge >= 0.3 is 5.97 Å². The van der Waals surface area contributed by atoms with Crippen LogP contribution in [0.25, 0.3) is 0 Å². The minimum absolute atomic E-state index is 0.174. The number of unbranched alkanes of at least 4 members (excludes halogenated alkanes) is 5. The normalized spacial score (nSPS) is 12.6. The molecule has 3 heterocycles. The van der Waals surface area contributed by atoms with E-state index in [-0.39, 0.29) is 23.2 Å². The van der Waals surface area contributed by atoms with Crippen LogP contribution in [0, 0.1) is 27.7 Å². The van der Waals surface area contributed by atoms with E-state index < -0.39 is 0 Å². The number of benzene rings is 6. The van der Waals surface area contributed by atoms with E-state index >= 15 is 0 Å². The van der Waals surface area contributed by atoms with Crippen molar-refractivity contribution in [2.24, 2.45) is 0 Å². The first-order valence-electron chi connectivity index (χ1n) is 22.4. The molecular formula is C51H60ClN9O5. The summed E-state index contributed by atoms with van der Waals surface area (Å²) in [5.74, 6) is 0.519. The van der Waals surface area contributed by atoms with Crippen molar-refractivity contribution in [1.29, 1.82) is 0 Å². The van der Waals surface area contributed by atoms with Crippen LogP contribution in [0.4, 0.5) is 51.2 Å². The maximum absolute atomic E-state index is 12.1. The van der Waals surface area contributed by atoms with Gasteiger partial charge in [0.1, 0.15) is 34.3 Å². The summed E-state index contributed by atoms with van der Waals surface area (Å²) in [7, 11) is 0. The summed E-state index contributed by atoms with van der Waals surface area (Å²) >= 11 is 6.06. The minimum Gasteiger partial charge on any atom is -0.506 e. The quantitative estimate of drug-likeness (QED) is 0.0396. The number of aromatic hydroxyl groups is 3. The number of carbonyl (C=O) groups excluding carboxylic acids is 1. The van der Waals surface area contributed by atoms with Gasteiger partial charge in [0, 0.05) is 11.4 Å². The molecule has 0 bridgehead atoms. The third-order valence-electron chi connectivity index (χ3n) is 11.2. The van der Waals surface area contributed by atoms with Gasteiger partial charge in [-0.05, 0) is 135 Å². The number of esters is 1.